The molecule has 0 heterocycles. The highest BCUT2D eigenvalue weighted by molar-refractivity contribution is 7.80. The molecule has 0 saturated carbocycles. The Labute approximate surface area is 128 Å². The smallest absolute Gasteiger partial charge is 0.170 e. The normalized spacial score (nSPS) is 11.2. The Morgan fingerprint density at radius 1 is 1.20 bits per heavy atom. The lowest BCUT2D eigenvalue weighted by atomic mass is 10.2. The van der Waals surface area contributed by atoms with Gasteiger partial charge in [-0.2, -0.15) is 0 Å². The minimum absolute atomic E-state index is 0.634. The summed E-state index contributed by atoms with van der Waals surface area (Å²) in [5, 5.41) is 7.21. The molecule has 1 aromatic rings. The minimum Gasteiger partial charge on any atom is -0.357 e. The van der Waals surface area contributed by atoms with E-state index in [1.54, 1.807) is 4.90 Å². The molecule has 0 aromatic heterocycles. The predicted molar refractivity (Wildman–Crippen MR) is 91.5 cm³/mol. The summed E-state index contributed by atoms with van der Waals surface area (Å²) in [7, 11) is 0. The van der Waals surface area contributed by atoms with Crippen LogP contribution in [0, 0.1) is 6.92 Å². The van der Waals surface area contributed by atoms with Crippen molar-refractivity contribution in [2.24, 2.45) is 0 Å². The summed E-state index contributed by atoms with van der Waals surface area (Å²) in [5.74, 6) is 0. The number of thiocarbonyl (C=S) groups is 1. The molecule has 0 amide bonds. The van der Waals surface area contributed by atoms with Gasteiger partial charge in [-0.15, -0.1) is 0 Å². The maximum absolute atomic E-state index is 5.33. The number of hydrogen-bond acceptors (Lipinski definition) is 1. The van der Waals surface area contributed by atoms with Gasteiger partial charge < -0.3 is 15.5 Å². The van der Waals surface area contributed by atoms with Gasteiger partial charge >= 0.3 is 0 Å². The average molecular weight is 294 g/mol. The lowest BCUT2D eigenvalue weighted by Gasteiger charge is -2.27. The van der Waals surface area contributed by atoms with E-state index in [1.165, 1.54) is 5.56 Å². The number of anilines is 1. The van der Waals surface area contributed by atoms with Crippen molar-refractivity contribution in [3.63, 3.8) is 0 Å². The highest BCUT2D eigenvalue weighted by Crippen LogP contribution is 2.08. The van der Waals surface area contributed by atoms with E-state index in [-0.39, 0.29) is 0 Å². The van der Waals surface area contributed by atoms with Gasteiger partial charge in [0, 0.05) is 5.69 Å². The summed E-state index contributed by atoms with van der Waals surface area (Å²) in [6.45, 7) is 13.1. The van der Waals surface area contributed by atoms with Crippen LogP contribution in [-0.2, 0) is 0 Å². The van der Waals surface area contributed by atoms with Crippen LogP contribution in [0.1, 0.15) is 33.3 Å². The average Bonchev–Trinajstić information content (AvgIpc) is 2.33. The summed E-state index contributed by atoms with van der Waals surface area (Å²) in [6.07, 6.45) is 0. The molecular formula is C16H28N3S+. The molecule has 0 spiro atoms. The fourth-order valence-corrected chi connectivity index (χ4v) is 2.68. The zero-order valence-electron chi connectivity index (χ0n) is 13.3. The van der Waals surface area contributed by atoms with Gasteiger partial charge in [-0.25, -0.2) is 0 Å². The van der Waals surface area contributed by atoms with Crippen LogP contribution in [0.2, 0.25) is 0 Å². The maximum atomic E-state index is 5.33. The number of rotatable bonds is 6. The topological polar surface area (TPSA) is 28.5 Å². The van der Waals surface area contributed by atoms with Gasteiger partial charge in [0.25, 0.3) is 0 Å². The predicted octanol–water partition coefficient (Wildman–Crippen LogP) is 1.98. The van der Waals surface area contributed by atoms with Crippen LogP contribution >= 0.6 is 12.2 Å². The van der Waals surface area contributed by atoms with E-state index >= 15 is 0 Å². The van der Waals surface area contributed by atoms with E-state index in [4.69, 9.17) is 12.2 Å². The third-order valence-corrected chi connectivity index (χ3v) is 3.70. The third-order valence-electron chi connectivity index (χ3n) is 3.46. The molecule has 0 bridgehead atoms. The minimum atomic E-state index is 0.634. The lowest BCUT2D eigenvalue weighted by Crippen LogP contribution is -3.18. The highest BCUT2D eigenvalue weighted by atomic mass is 32.1. The van der Waals surface area contributed by atoms with Gasteiger partial charge in [0.05, 0.1) is 25.2 Å². The van der Waals surface area contributed by atoms with E-state index in [0.29, 0.717) is 17.2 Å². The van der Waals surface area contributed by atoms with Gasteiger partial charge in [0.2, 0.25) is 0 Å². The Morgan fingerprint density at radius 2 is 1.85 bits per heavy atom. The van der Waals surface area contributed by atoms with Crippen LogP contribution in [0.4, 0.5) is 5.69 Å². The van der Waals surface area contributed by atoms with Crippen molar-refractivity contribution in [3.8, 4) is 0 Å². The molecule has 3 nitrogen and oxygen atoms in total. The van der Waals surface area contributed by atoms with Crippen molar-refractivity contribution >= 4 is 23.0 Å². The fourth-order valence-electron chi connectivity index (χ4n) is 2.46. The van der Waals surface area contributed by atoms with Crippen molar-refractivity contribution in [1.29, 1.82) is 0 Å². The standard InChI is InChI=1S/C16H27N3S/c1-12(2)19(13(3)4)10-9-17-16(20)18-15-8-6-7-14(5)11-15/h6-8,11-13H,9-10H2,1-5H3,(H2,17,18,20)/p+1. The second-order valence-electron chi connectivity index (χ2n) is 5.88. The Morgan fingerprint density at radius 3 is 2.40 bits per heavy atom. The summed E-state index contributed by atoms with van der Waals surface area (Å²) in [6, 6.07) is 9.50. The van der Waals surface area contributed by atoms with Gasteiger partial charge in [-0.05, 0) is 64.5 Å². The molecular weight excluding hydrogens is 266 g/mol. The molecule has 0 aliphatic rings. The molecule has 1 rings (SSSR count). The quantitative estimate of drug-likeness (QED) is 0.701. The number of aryl methyl sites for hydroxylation is 1. The third kappa shape index (κ3) is 5.88. The first kappa shape index (κ1) is 16.9. The molecule has 20 heavy (non-hydrogen) atoms. The van der Waals surface area contributed by atoms with Crippen molar-refractivity contribution in [2.45, 2.75) is 46.7 Å². The first-order valence-electron chi connectivity index (χ1n) is 7.37. The molecule has 0 aliphatic heterocycles. The van der Waals surface area contributed by atoms with E-state index in [1.807, 2.05) is 12.1 Å². The van der Waals surface area contributed by atoms with Crippen molar-refractivity contribution in [2.75, 3.05) is 18.4 Å². The summed E-state index contributed by atoms with van der Waals surface area (Å²) in [5.41, 5.74) is 2.27. The van der Waals surface area contributed by atoms with E-state index in [9.17, 15) is 0 Å². The summed E-state index contributed by atoms with van der Waals surface area (Å²) >= 11 is 5.33. The monoisotopic (exact) mass is 294 g/mol. The molecule has 3 N–H and O–H groups in total. The maximum Gasteiger partial charge on any atom is 0.170 e. The van der Waals surface area contributed by atoms with Crippen LogP contribution in [0.25, 0.3) is 0 Å². The van der Waals surface area contributed by atoms with Crippen LogP contribution < -0.4 is 15.5 Å². The summed E-state index contributed by atoms with van der Waals surface area (Å²) < 4.78 is 0. The molecule has 4 heteroatoms. The molecule has 112 valence electrons. The van der Waals surface area contributed by atoms with Crippen molar-refractivity contribution in [3.05, 3.63) is 29.8 Å². The SMILES string of the molecule is Cc1cccc(NC(=S)NCC[NH+](C(C)C)C(C)C)c1. The van der Waals surface area contributed by atoms with Crippen LogP contribution in [0.3, 0.4) is 0 Å². The second kappa shape index (κ2) is 8.22. The zero-order valence-corrected chi connectivity index (χ0v) is 14.1. The zero-order chi connectivity index (χ0) is 15.1. The molecule has 0 aliphatic carbocycles. The molecule has 0 fully saturated rings. The van der Waals surface area contributed by atoms with Crippen molar-refractivity contribution < 1.29 is 4.90 Å². The Balaban J connectivity index is 2.36. The number of benzene rings is 1. The fraction of sp³-hybridized carbons (Fsp3) is 0.562. The first-order valence-corrected chi connectivity index (χ1v) is 7.78. The summed E-state index contributed by atoms with van der Waals surface area (Å²) in [4.78, 5) is 1.59. The lowest BCUT2D eigenvalue weighted by molar-refractivity contribution is -0.941. The van der Waals surface area contributed by atoms with E-state index in [2.05, 4.69) is 57.4 Å². The molecule has 0 atom stereocenters. The van der Waals surface area contributed by atoms with Crippen LogP contribution in [0.5, 0.6) is 0 Å². The number of hydrogen-bond donors (Lipinski definition) is 3. The molecule has 0 radical (unpaired) electrons. The van der Waals surface area contributed by atoms with E-state index < -0.39 is 0 Å². The Bertz CT molecular complexity index is 421. The van der Waals surface area contributed by atoms with Gasteiger partial charge in [-0.1, -0.05) is 12.1 Å². The van der Waals surface area contributed by atoms with Crippen molar-refractivity contribution in [1.82, 2.24) is 5.32 Å². The highest BCUT2D eigenvalue weighted by Gasteiger charge is 2.16. The number of nitrogens with one attached hydrogen (secondary N) is 3. The number of quaternary nitrogens is 1. The van der Waals surface area contributed by atoms with Gasteiger partial charge in [0.15, 0.2) is 5.11 Å². The van der Waals surface area contributed by atoms with Gasteiger partial charge in [-0.3, -0.25) is 0 Å². The largest absolute Gasteiger partial charge is 0.357 e. The van der Waals surface area contributed by atoms with E-state index in [0.717, 1.165) is 18.8 Å². The van der Waals surface area contributed by atoms with Crippen LogP contribution in [0.15, 0.2) is 24.3 Å². The molecule has 0 unspecified atom stereocenters. The van der Waals surface area contributed by atoms with Gasteiger partial charge in [0.1, 0.15) is 0 Å². The Kier molecular flexibility index (Phi) is 6.96. The first-order chi connectivity index (χ1) is 9.40. The molecule has 1 aromatic carbocycles. The van der Waals surface area contributed by atoms with Crippen LogP contribution in [-0.4, -0.2) is 30.3 Å². The molecule has 0 saturated heterocycles. The second-order valence-corrected chi connectivity index (χ2v) is 6.29. The Hall–Kier alpha value is -1.13.